The van der Waals surface area contributed by atoms with Crippen LogP contribution in [0.2, 0.25) is 0 Å². The fourth-order valence-electron chi connectivity index (χ4n) is 1.99. The Labute approximate surface area is 130 Å². The average molecular weight is 315 g/mol. The first kappa shape index (κ1) is 14.8. The Morgan fingerprint density at radius 2 is 1.87 bits per heavy atom. The van der Waals surface area contributed by atoms with Crippen molar-refractivity contribution >= 4 is 11.9 Å². The lowest BCUT2D eigenvalue weighted by Crippen LogP contribution is -2.14. The van der Waals surface area contributed by atoms with Gasteiger partial charge < -0.3 is 4.42 Å². The van der Waals surface area contributed by atoms with Crippen LogP contribution in [0.25, 0.3) is 11.5 Å². The predicted octanol–water partition coefficient (Wildman–Crippen LogP) is 3.20. The maximum Gasteiger partial charge on any atom is 0.322 e. The highest BCUT2D eigenvalue weighted by Gasteiger charge is 2.15. The Morgan fingerprint density at radius 3 is 2.61 bits per heavy atom. The first-order valence-corrected chi connectivity index (χ1v) is 6.74. The molecule has 0 saturated heterocycles. The Balaban J connectivity index is 1.71. The molecule has 0 unspecified atom stereocenters. The third-order valence-electron chi connectivity index (χ3n) is 3.04. The second kappa shape index (κ2) is 6.35. The number of hydrogen-bond acceptors (Lipinski definition) is 4. The van der Waals surface area contributed by atoms with Crippen LogP contribution in [0.1, 0.15) is 5.56 Å². The SMILES string of the molecule is O=C(Cc1ccccc1)Nc1nnc(-c2ccc(F)cc2F)o1. The number of nitrogens with zero attached hydrogens (tertiary/aromatic N) is 2. The van der Waals surface area contributed by atoms with Gasteiger partial charge in [0.2, 0.25) is 5.91 Å². The Bertz CT molecular complexity index is 834. The van der Waals surface area contributed by atoms with Crippen molar-refractivity contribution in [2.75, 3.05) is 5.32 Å². The van der Waals surface area contributed by atoms with Crippen molar-refractivity contribution in [2.45, 2.75) is 6.42 Å². The van der Waals surface area contributed by atoms with Crippen LogP contribution in [-0.4, -0.2) is 16.1 Å². The summed E-state index contributed by atoms with van der Waals surface area (Å²) in [4.78, 5) is 11.9. The molecule has 0 bridgehead atoms. The van der Waals surface area contributed by atoms with Gasteiger partial charge in [-0.3, -0.25) is 10.1 Å². The third-order valence-corrected chi connectivity index (χ3v) is 3.04. The minimum atomic E-state index is -0.823. The Kier molecular flexibility index (Phi) is 4.09. The van der Waals surface area contributed by atoms with E-state index in [4.69, 9.17) is 4.42 Å². The van der Waals surface area contributed by atoms with E-state index in [1.54, 1.807) is 0 Å². The maximum atomic E-state index is 13.6. The van der Waals surface area contributed by atoms with Crippen LogP contribution in [0, 0.1) is 11.6 Å². The van der Waals surface area contributed by atoms with Crippen LogP contribution >= 0.6 is 0 Å². The molecule has 23 heavy (non-hydrogen) atoms. The molecule has 3 aromatic rings. The average Bonchev–Trinajstić information content (AvgIpc) is 2.96. The molecular formula is C16H11F2N3O2. The maximum absolute atomic E-state index is 13.6. The van der Waals surface area contributed by atoms with E-state index in [0.717, 1.165) is 11.6 Å². The summed E-state index contributed by atoms with van der Waals surface area (Å²) < 4.78 is 31.7. The van der Waals surface area contributed by atoms with Gasteiger partial charge in [0, 0.05) is 6.07 Å². The van der Waals surface area contributed by atoms with E-state index in [9.17, 15) is 13.6 Å². The van der Waals surface area contributed by atoms with Gasteiger partial charge in [-0.05, 0) is 17.7 Å². The molecule has 0 saturated carbocycles. The van der Waals surface area contributed by atoms with Crippen molar-refractivity contribution < 1.29 is 18.0 Å². The smallest absolute Gasteiger partial charge is 0.322 e. The molecule has 0 fully saturated rings. The summed E-state index contributed by atoms with van der Waals surface area (Å²) in [6.45, 7) is 0. The van der Waals surface area contributed by atoms with Gasteiger partial charge in [0.25, 0.3) is 5.89 Å². The van der Waals surface area contributed by atoms with Crippen molar-refractivity contribution in [1.29, 1.82) is 0 Å². The Hall–Kier alpha value is -3.09. The van der Waals surface area contributed by atoms with Crippen molar-refractivity contribution in [3.63, 3.8) is 0 Å². The van der Waals surface area contributed by atoms with Crippen LogP contribution in [-0.2, 0) is 11.2 Å². The summed E-state index contributed by atoms with van der Waals surface area (Å²) in [6, 6.07) is 12.0. The molecule has 1 heterocycles. The quantitative estimate of drug-likeness (QED) is 0.803. The van der Waals surface area contributed by atoms with E-state index in [2.05, 4.69) is 15.5 Å². The molecule has 116 valence electrons. The number of nitrogens with one attached hydrogen (secondary N) is 1. The van der Waals surface area contributed by atoms with Gasteiger partial charge in [0.05, 0.1) is 12.0 Å². The van der Waals surface area contributed by atoms with Gasteiger partial charge in [0.1, 0.15) is 11.6 Å². The first-order valence-electron chi connectivity index (χ1n) is 6.74. The van der Waals surface area contributed by atoms with E-state index < -0.39 is 11.6 Å². The number of benzene rings is 2. The molecule has 5 nitrogen and oxygen atoms in total. The molecule has 0 aliphatic carbocycles. The van der Waals surface area contributed by atoms with E-state index in [1.807, 2.05) is 30.3 Å². The standard InChI is InChI=1S/C16H11F2N3O2/c17-11-6-7-12(13(18)9-11)15-20-21-16(23-15)19-14(22)8-10-4-2-1-3-5-10/h1-7,9H,8H2,(H,19,21,22). The summed E-state index contributed by atoms with van der Waals surface area (Å²) in [5.74, 6) is -2.01. The summed E-state index contributed by atoms with van der Waals surface area (Å²) in [6.07, 6.45) is 0.142. The minimum Gasteiger partial charge on any atom is -0.403 e. The fraction of sp³-hybridized carbons (Fsp3) is 0.0625. The molecule has 3 rings (SSSR count). The van der Waals surface area contributed by atoms with Gasteiger partial charge in [-0.1, -0.05) is 35.4 Å². The normalized spacial score (nSPS) is 10.5. The lowest BCUT2D eigenvalue weighted by Gasteiger charge is -2.00. The third kappa shape index (κ3) is 3.57. The lowest BCUT2D eigenvalue weighted by atomic mass is 10.1. The van der Waals surface area contributed by atoms with Crippen LogP contribution in [0.3, 0.4) is 0 Å². The van der Waals surface area contributed by atoms with Crippen molar-refractivity contribution in [3.8, 4) is 11.5 Å². The minimum absolute atomic E-state index is 0.0394. The molecule has 7 heteroatoms. The highest BCUT2D eigenvalue weighted by atomic mass is 19.1. The molecular weight excluding hydrogens is 304 g/mol. The number of anilines is 1. The number of rotatable bonds is 4. The van der Waals surface area contributed by atoms with Gasteiger partial charge in [-0.2, -0.15) is 0 Å². The fourth-order valence-corrected chi connectivity index (χ4v) is 1.99. The summed E-state index contributed by atoms with van der Waals surface area (Å²) in [5.41, 5.74) is 0.789. The monoisotopic (exact) mass is 315 g/mol. The van der Waals surface area contributed by atoms with E-state index in [0.29, 0.717) is 6.07 Å². The van der Waals surface area contributed by atoms with E-state index in [1.165, 1.54) is 6.07 Å². The highest BCUT2D eigenvalue weighted by Crippen LogP contribution is 2.23. The molecule has 1 aromatic heterocycles. The molecule has 1 N–H and O–H groups in total. The number of hydrogen-bond donors (Lipinski definition) is 1. The number of carbonyl (C=O) groups is 1. The van der Waals surface area contributed by atoms with E-state index >= 15 is 0 Å². The van der Waals surface area contributed by atoms with Gasteiger partial charge in [-0.25, -0.2) is 8.78 Å². The lowest BCUT2D eigenvalue weighted by molar-refractivity contribution is -0.115. The van der Waals surface area contributed by atoms with Crippen LogP contribution in [0.4, 0.5) is 14.8 Å². The molecule has 0 aliphatic heterocycles. The topological polar surface area (TPSA) is 68.0 Å². The van der Waals surface area contributed by atoms with Crippen molar-refractivity contribution in [1.82, 2.24) is 10.2 Å². The zero-order valence-corrected chi connectivity index (χ0v) is 11.8. The van der Waals surface area contributed by atoms with Crippen LogP contribution in [0.15, 0.2) is 52.9 Å². The van der Waals surface area contributed by atoms with Gasteiger partial charge >= 0.3 is 6.01 Å². The molecule has 0 spiro atoms. The number of halogens is 2. The molecule has 1 amide bonds. The molecule has 0 aliphatic rings. The van der Waals surface area contributed by atoms with Crippen LogP contribution < -0.4 is 5.32 Å². The number of carbonyl (C=O) groups excluding carboxylic acids is 1. The highest BCUT2D eigenvalue weighted by molar-refractivity contribution is 5.90. The summed E-state index contributed by atoms with van der Waals surface area (Å²) >= 11 is 0. The summed E-state index contributed by atoms with van der Waals surface area (Å²) in [7, 11) is 0. The number of aromatic nitrogens is 2. The molecule has 0 atom stereocenters. The predicted molar refractivity (Wildman–Crippen MR) is 78.4 cm³/mol. The zero-order chi connectivity index (χ0) is 16.2. The van der Waals surface area contributed by atoms with Gasteiger partial charge in [0.15, 0.2) is 0 Å². The summed E-state index contributed by atoms with van der Waals surface area (Å²) in [5, 5.41) is 9.71. The largest absolute Gasteiger partial charge is 0.403 e. The van der Waals surface area contributed by atoms with Crippen LogP contribution in [0.5, 0.6) is 0 Å². The second-order valence-corrected chi connectivity index (χ2v) is 4.75. The van der Waals surface area contributed by atoms with Crippen molar-refractivity contribution in [2.24, 2.45) is 0 Å². The molecule has 2 aromatic carbocycles. The first-order chi connectivity index (χ1) is 11.1. The van der Waals surface area contributed by atoms with Crippen molar-refractivity contribution in [3.05, 3.63) is 65.7 Å². The zero-order valence-electron chi connectivity index (χ0n) is 11.8. The second-order valence-electron chi connectivity index (χ2n) is 4.75. The number of amides is 1. The molecule has 0 radical (unpaired) electrons. The van der Waals surface area contributed by atoms with Gasteiger partial charge in [-0.15, -0.1) is 5.10 Å². The Morgan fingerprint density at radius 1 is 1.09 bits per heavy atom. The van der Waals surface area contributed by atoms with E-state index in [-0.39, 0.29) is 29.8 Å².